The van der Waals surface area contributed by atoms with Crippen LogP contribution in [0.25, 0.3) is 0 Å². The maximum Gasteiger partial charge on any atom is 0.349 e. The minimum Gasteiger partial charge on any atom is -0.493 e. The third-order valence-electron chi connectivity index (χ3n) is 9.69. The summed E-state index contributed by atoms with van der Waals surface area (Å²) in [5.74, 6) is -6.57. The number of nitrogens with two attached hydrogens (primary N) is 1. The van der Waals surface area contributed by atoms with Gasteiger partial charge in [0.2, 0.25) is 17.7 Å². The van der Waals surface area contributed by atoms with Crippen LogP contribution in [0.1, 0.15) is 136 Å². The second-order valence-corrected chi connectivity index (χ2v) is 20.1. The molecular formula is C52H65N5O18S2. The standard InChI is InChI=1S/C22H24N2O7S.C12H19NO4S.C10H7NO4.C8H15NO3/c1-5-31-19-11-14(9-10-18(19)30-3)17(12-32(4,28)29)24-21(26)15-7-6-8-16(23-13(2)25)20(15)22(24)27;1-4-17-12-7-9(5-6-11(12)16-2)10(13)8-18(3,14)15;1-5(12)11-7-4-2-3-6-8(7)10(14)15-9(6)13;1-5(2)4-7(8(11)12)9-6(3)10/h6-11,17H,5,12H2,1-4H3,(H,23,25);5-7,10H,4,8,13H2,1-3H3;2-4H,1H3,(H,11,12);5,7H,4H2,1-3H3,(H,9,10)(H,11,12)/t17-;10-;;7-/m11.0/s1/i3D3,12D2,17D;2D3,8D2,10D;;. The van der Waals surface area contributed by atoms with Crippen LogP contribution in [0.15, 0.2) is 72.8 Å². The van der Waals surface area contributed by atoms with Crippen LogP contribution in [-0.2, 0) is 43.6 Å². The Balaban J connectivity index is 0.000000344. The Hall–Kier alpha value is -7.90. The van der Waals surface area contributed by atoms with Gasteiger partial charge in [-0.3, -0.25) is 28.9 Å². The quantitative estimate of drug-likeness (QED) is 0.0460. The maximum absolute atomic E-state index is 13.6. The van der Waals surface area contributed by atoms with Crippen molar-refractivity contribution < 1.29 is 100 Å². The van der Waals surface area contributed by atoms with Gasteiger partial charge in [0.15, 0.2) is 23.0 Å². The summed E-state index contributed by atoms with van der Waals surface area (Å²) in [6.45, 7) is 10.9. The van der Waals surface area contributed by atoms with E-state index in [1.165, 1.54) is 38.1 Å². The number of cyclic esters (lactones) is 2. The van der Waals surface area contributed by atoms with Gasteiger partial charge >= 0.3 is 17.9 Å². The van der Waals surface area contributed by atoms with Gasteiger partial charge in [0, 0.05) is 44.8 Å². The van der Waals surface area contributed by atoms with E-state index < -0.39 is 104 Å². The summed E-state index contributed by atoms with van der Waals surface area (Å²) in [6, 6.07) is 8.13. The summed E-state index contributed by atoms with van der Waals surface area (Å²) >= 11 is 0. The predicted octanol–water partition coefficient (Wildman–Crippen LogP) is 5.15. The number of carboxylic acid groups (broad SMARTS) is 1. The third-order valence-corrected chi connectivity index (χ3v) is 10.8. The Morgan fingerprint density at radius 2 is 1.19 bits per heavy atom. The number of sulfone groups is 2. The lowest BCUT2D eigenvalue weighted by molar-refractivity contribution is -0.142. The molecule has 6 rings (SSSR count). The highest BCUT2D eigenvalue weighted by molar-refractivity contribution is 7.90. The van der Waals surface area contributed by atoms with Gasteiger partial charge in [-0.1, -0.05) is 38.1 Å². The van der Waals surface area contributed by atoms with Crippen molar-refractivity contribution in [3.05, 3.63) is 106 Å². The molecule has 2 aliphatic heterocycles. The van der Waals surface area contributed by atoms with Gasteiger partial charge in [-0.25, -0.2) is 31.2 Å². The Bertz CT molecular complexity index is 3620. The molecule has 2 heterocycles. The molecule has 0 unspecified atom stereocenters. The molecule has 0 spiro atoms. The van der Waals surface area contributed by atoms with Crippen molar-refractivity contribution in [2.45, 2.75) is 73.0 Å². The number of ether oxygens (including phenoxy) is 5. The highest BCUT2D eigenvalue weighted by Crippen LogP contribution is 2.39. The average molecular weight is 1120 g/mol. The van der Waals surface area contributed by atoms with Crippen molar-refractivity contribution in [1.29, 1.82) is 0 Å². The van der Waals surface area contributed by atoms with Crippen LogP contribution >= 0.6 is 0 Å². The number of benzene rings is 4. The maximum atomic E-state index is 13.6. The number of carbonyl (C=O) groups excluding carboxylic acids is 7. The number of nitrogens with one attached hydrogen (secondary N) is 3. The van der Waals surface area contributed by atoms with Gasteiger partial charge in [0.05, 0.1) is 89.3 Å². The summed E-state index contributed by atoms with van der Waals surface area (Å²) < 4.78 is 166. The van der Waals surface area contributed by atoms with Crippen molar-refractivity contribution in [2.75, 3.05) is 61.8 Å². The summed E-state index contributed by atoms with van der Waals surface area (Å²) in [6.07, 6.45) is 1.61. The van der Waals surface area contributed by atoms with Crippen LogP contribution in [0.4, 0.5) is 11.4 Å². The molecule has 0 aromatic heterocycles. The molecule has 418 valence electrons. The summed E-state index contributed by atoms with van der Waals surface area (Å²) in [4.78, 5) is 93.3. The molecule has 0 radical (unpaired) electrons. The SMILES string of the molecule is CC(=O)N[C@@H](CC(C)C)C(=O)O.CC(=O)Nc1cccc2c1C(=O)OC2=O.[2H]C([2H])([2H])Oc1ccc([C@]([2H])(N)C([2H])([2H])S(C)(=O)=O)cc1OCC.[2H]C([2H])([2H])Oc1ccc([C@]([2H])(N2C(=O)c3cccc(NC(C)=O)c3C2=O)C([2H])([2H])S(C)(=O)=O)cc1OCC. The van der Waals surface area contributed by atoms with Crippen LogP contribution in [0.3, 0.4) is 0 Å². The largest absolute Gasteiger partial charge is 0.493 e. The van der Waals surface area contributed by atoms with E-state index in [4.69, 9.17) is 44.9 Å². The fourth-order valence-corrected chi connectivity index (χ4v) is 7.93. The number of anilines is 2. The number of methoxy groups -OCH3 is 2. The molecule has 0 fully saturated rings. The number of carbonyl (C=O) groups is 8. The Morgan fingerprint density at radius 3 is 1.65 bits per heavy atom. The summed E-state index contributed by atoms with van der Waals surface area (Å²) in [5, 5.41) is 15.9. The lowest BCUT2D eigenvalue weighted by atomic mass is 10.0. The lowest BCUT2D eigenvalue weighted by Crippen LogP contribution is -2.40. The summed E-state index contributed by atoms with van der Waals surface area (Å²) in [7, 11) is -14.8. The van der Waals surface area contributed by atoms with E-state index in [2.05, 4.69) is 20.7 Å². The fraction of sp³-hybridized carbons (Fsp3) is 0.385. The van der Waals surface area contributed by atoms with Gasteiger partial charge in [-0.05, 0) is 85.8 Å². The molecular weight excluding hydrogens is 1050 g/mol. The van der Waals surface area contributed by atoms with Crippen molar-refractivity contribution in [2.24, 2.45) is 11.7 Å². The van der Waals surface area contributed by atoms with Crippen LogP contribution < -0.4 is 40.6 Å². The van der Waals surface area contributed by atoms with E-state index in [1.54, 1.807) is 26.0 Å². The Kier molecular flexibility index (Phi) is 17.1. The Morgan fingerprint density at radius 1 is 0.701 bits per heavy atom. The average Bonchev–Trinajstić information content (AvgIpc) is 1.67. The van der Waals surface area contributed by atoms with Gasteiger partial charge < -0.3 is 50.5 Å². The smallest absolute Gasteiger partial charge is 0.349 e. The molecule has 3 atom stereocenters. The second kappa shape index (κ2) is 28.3. The molecule has 77 heavy (non-hydrogen) atoms. The number of nitrogens with zero attached hydrogens (tertiary/aromatic N) is 1. The molecule has 4 aromatic carbocycles. The van der Waals surface area contributed by atoms with Crippen LogP contribution in [0.5, 0.6) is 23.0 Å². The number of hydrogen-bond acceptors (Lipinski definition) is 18. The van der Waals surface area contributed by atoms with E-state index in [-0.39, 0.29) is 92.3 Å². The topological polar surface area (TPSA) is 337 Å². The molecule has 0 bridgehead atoms. The molecule has 0 aliphatic carbocycles. The zero-order valence-corrected chi connectivity index (χ0v) is 44.6. The molecule has 0 saturated carbocycles. The predicted molar refractivity (Wildman–Crippen MR) is 284 cm³/mol. The number of fused-ring (bicyclic) bond motifs is 2. The first-order valence-electron chi connectivity index (χ1n) is 28.6. The zero-order chi connectivity index (χ0) is 68.5. The monoisotopic (exact) mass is 1120 g/mol. The normalized spacial score (nSPS) is 17.4. The van der Waals surface area contributed by atoms with Gasteiger partial charge in [0.25, 0.3) is 11.8 Å². The molecule has 6 N–H and O–H groups in total. The van der Waals surface area contributed by atoms with Crippen molar-refractivity contribution in [3.63, 3.8) is 0 Å². The number of hydrogen-bond donors (Lipinski definition) is 5. The second-order valence-electron chi connectivity index (χ2n) is 16.6. The fourth-order valence-electron chi connectivity index (χ4n) is 6.85. The van der Waals surface area contributed by atoms with Crippen molar-refractivity contribution in [3.8, 4) is 23.0 Å². The number of rotatable bonds is 19. The first kappa shape index (κ1) is 46.4. The van der Waals surface area contributed by atoms with Crippen LogP contribution in [0.2, 0.25) is 0 Å². The highest BCUT2D eigenvalue weighted by Gasteiger charge is 2.43. The van der Waals surface area contributed by atoms with Crippen LogP contribution in [0, 0.1) is 5.92 Å². The number of carboxylic acids is 1. The minimum absolute atomic E-state index is 0.0299. The van der Waals surface area contributed by atoms with Gasteiger partial charge in [-0.15, -0.1) is 0 Å². The molecule has 0 saturated heterocycles. The summed E-state index contributed by atoms with van der Waals surface area (Å²) in [5.41, 5.74) is -1.86. The van der Waals surface area contributed by atoms with E-state index >= 15 is 0 Å². The zero-order valence-electron chi connectivity index (χ0n) is 54.9. The number of aliphatic carboxylic acids is 1. The Labute approximate surface area is 463 Å². The molecule has 25 heteroatoms. The first-order valence-corrected chi connectivity index (χ1v) is 26.4. The number of amides is 5. The number of imide groups is 1. The van der Waals surface area contributed by atoms with E-state index in [1.807, 2.05) is 13.8 Å². The van der Waals surface area contributed by atoms with E-state index in [0.717, 1.165) is 43.3 Å². The van der Waals surface area contributed by atoms with E-state index in [9.17, 15) is 56.6 Å². The lowest BCUT2D eigenvalue weighted by Gasteiger charge is -2.27. The van der Waals surface area contributed by atoms with Crippen LogP contribution in [-0.4, -0.2) is 132 Å². The van der Waals surface area contributed by atoms with Gasteiger partial charge in [-0.2, -0.15) is 0 Å². The number of esters is 2. The van der Waals surface area contributed by atoms with E-state index in [0.29, 0.717) is 24.6 Å². The highest BCUT2D eigenvalue weighted by atomic mass is 32.2. The molecule has 4 aromatic rings. The minimum atomic E-state index is -4.81. The van der Waals surface area contributed by atoms with Crippen molar-refractivity contribution in [1.82, 2.24) is 10.2 Å². The molecule has 2 aliphatic rings. The molecule has 23 nitrogen and oxygen atoms in total. The first-order chi connectivity index (χ1) is 40.5. The van der Waals surface area contributed by atoms with Crippen molar-refractivity contribution >= 4 is 78.5 Å². The molecule has 5 amide bonds. The van der Waals surface area contributed by atoms with Gasteiger partial charge in [0.1, 0.15) is 25.7 Å². The third kappa shape index (κ3) is 18.7.